The van der Waals surface area contributed by atoms with Crippen LogP contribution >= 0.6 is 11.6 Å². The molecule has 2 aromatic carbocycles. The number of halogens is 1. The van der Waals surface area contributed by atoms with E-state index in [-0.39, 0.29) is 18.5 Å². The van der Waals surface area contributed by atoms with Crippen molar-refractivity contribution < 1.29 is 18.0 Å². The van der Waals surface area contributed by atoms with Gasteiger partial charge in [0.1, 0.15) is 12.6 Å². The van der Waals surface area contributed by atoms with E-state index in [9.17, 15) is 18.0 Å². The molecule has 0 saturated heterocycles. The summed E-state index contributed by atoms with van der Waals surface area (Å²) in [4.78, 5) is 28.3. The molecule has 34 heavy (non-hydrogen) atoms. The van der Waals surface area contributed by atoms with E-state index >= 15 is 0 Å². The average molecular weight is 506 g/mol. The molecule has 0 heterocycles. The predicted octanol–water partition coefficient (Wildman–Crippen LogP) is 3.97. The summed E-state index contributed by atoms with van der Waals surface area (Å²) in [5.41, 5.74) is 1.08. The molecule has 184 valence electrons. The third-order valence-corrected chi connectivity index (χ3v) is 7.62. The fraction of sp³-hybridized carbons (Fsp3) is 0.440. The molecule has 2 amide bonds. The number of rotatable bonds is 10. The van der Waals surface area contributed by atoms with Gasteiger partial charge in [-0.25, -0.2) is 8.42 Å². The SMILES string of the molecule is CC[C@H](C(=O)NC1CCCC1)N(Cc1ccccc1Cl)C(=O)CN(c1ccccc1)S(C)(=O)=O. The highest BCUT2D eigenvalue weighted by molar-refractivity contribution is 7.92. The first-order valence-corrected chi connectivity index (χ1v) is 13.8. The Morgan fingerprint density at radius 1 is 1.06 bits per heavy atom. The van der Waals surface area contributed by atoms with Crippen LogP contribution in [0.2, 0.25) is 5.02 Å². The molecule has 0 aliphatic heterocycles. The molecular weight excluding hydrogens is 474 g/mol. The van der Waals surface area contributed by atoms with Crippen molar-refractivity contribution in [2.75, 3.05) is 17.1 Å². The van der Waals surface area contributed by atoms with Crippen molar-refractivity contribution in [3.8, 4) is 0 Å². The van der Waals surface area contributed by atoms with Crippen LogP contribution in [0.15, 0.2) is 54.6 Å². The number of anilines is 1. The van der Waals surface area contributed by atoms with Gasteiger partial charge in [0.15, 0.2) is 0 Å². The maximum Gasteiger partial charge on any atom is 0.244 e. The first-order valence-electron chi connectivity index (χ1n) is 11.6. The maximum atomic E-state index is 13.6. The Bertz CT molecular complexity index is 1090. The molecule has 2 aromatic rings. The van der Waals surface area contributed by atoms with Crippen LogP contribution in [-0.4, -0.2) is 50.0 Å². The van der Waals surface area contributed by atoms with Gasteiger partial charge in [-0.3, -0.25) is 13.9 Å². The second-order valence-electron chi connectivity index (χ2n) is 8.63. The molecule has 7 nitrogen and oxygen atoms in total. The molecule has 0 bridgehead atoms. The smallest absolute Gasteiger partial charge is 0.244 e. The van der Waals surface area contributed by atoms with Crippen molar-refractivity contribution in [1.82, 2.24) is 10.2 Å². The second kappa shape index (κ2) is 11.7. The summed E-state index contributed by atoms with van der Waals surface area (Å²) in [5, 5.41) is 3.56. The molecule has 1 fully saturated rings. The van der Waals surface area contributed by atoms with Crippen LogP contribution in [0, 0.1) is 0 Å². The van der Waals surface area contributed by atoms with Gasteiger partial charge in [0.2, 0.25) is 21.8 Å². The number of carbonyl (C=O) groups is 2. The number of hydrogen-bond acceptors (Lipinski definition) is 4. The zero-order valence-corrected chi connectivity index (χ0v) is 21.2. The maximum absolute atomic E-state index is 13.6. The molecule has 0 spiro atoms. The number of sulfonamides is 1. The highest BCUT2D eigenvalue weighted by atomic mass is 35.5. The summed E-state index contributed by atoms with van der Waals surface area (Å²) < 4.78 is 26.2. The van der Waals surface area contributed by atoms with Gasteiger partial charge in [-0.15, -0.1) is 0 Å². The lowest BCUT2D eigenvalue weighted by molar-refractivity contribution is -0.140. The Morgan fingerprint density at radius 2 is 1.68 bits per heavy atom. The van der Waals surface area contributed by atoms with Crippen LogP contribution in [0.3, 0.4) is 0 Å². The lowest BCUT2D eigenvalue weighted by Gasteiger charge is -2.33. The fourth-order valence-corrected chi connectivity index (χ4v) is 5.35. The standard InChI is InChI=1S/C25H32ClN3O4S/c1-3-23(25(31)27-20-12-8-9-13-20)28(17-19-11-7-10-16-22(19)26)24(30)18-29(34(2,32)33)21-14-5-4-6-15-21/h4-7,10-11,14-16,20,23H,3,8-9,12-13,17-18H2,1-2H3,(H,27,31)/t23-/m1/s1. The molecule has 1 N–H and O–H groups in total. The van der Waals surface area contributed by atoms with Gasteiger partial charge in [0.25, 0.3) is 0 Å². The fourth-order valence-electron chi connectivity index (χ4n) is 4.31. The zero-order valence-electron chi connectivity index (χ0n) is 19.6. The zero-order chi connectivity index (χ0) is 24.7. The Morgan fingerprint density at radius 3 is 2.26 bits per heavy atom. The quantitative estimate of drug-likeness (QED) is 0.529. The van der Waals surface area contributed by atoms with Crippen molar-refractivity contribution in [3.05, 3.63) is 65.2 Å². The van der Waals surface area contributed by atoms with Gasteiger partial charge >= 0.3 is 0 Å². The van der Waals surface area contributed by atoms with Crippen LogP contribution in [0.5, 0.6) is 0 Å². The van der Waals surface area contributed by atoms with E-state index in [1.54, 1.807) is 48.5 Å². The van der Waals surface area contributed by atoms with E-state index in [4.69, 9.17) is 11.6 Å². The van der Waals surface area contributed by atoms with Gasteiger partial charge < -0.3 is 10.2 Å². The van der Waals surface area contributed by atoms with E-state index in [1.807, 2.05) is 13.0 Å². The summed E-state index contributed by atoms with van der Waals surface area (Å²) in [7, 11) is -3.74. The highest BCUT2D eigenvalue weighted by Crippen LogP contribution is 2.23. The first kappa shape index (κ1) is 26.0. The minimum absolute atomic E-state index is 0.0987. The molecular formula is C25H32ClN3O4S. The topological polar surface area (TPSA) is 86.8 Å². The van der Waals surface area contributed by atoms with Crippen LogP contribution < -0.4 is 9.62 Å². The number of para-hydroxylation sites is 1. The van der Waals surface area contributed by atoms with Crippen molar-refractivity contribution in [3.63, 3.8) is 0 Å². The van der Waals surface area contributed by atoms with E-state index < -0.39 is 28.5 Å². The van der Waals surface area contributed by atoms with Gasteiger partial charge in [0.05, 0.1) is 11.9 Å². The molecule has 1 saturated carbocycles. The van der Waals surface area contributed by atoms with Gasteiger partial charge in [-0.2, -0.15) is 0 Å². The Labute approximate surface area is 207 Å². The molecule has 3 rings (SSSR count). The van der Waals surface area contributed by atoms with E-state index in [2.05, 4.69) is 5.32 Å². The largest absolute Gasteiger partial charge is 0.352 e. The predicted molar refractivity (Wildman–Crippen MR) is 135 cm³/mol. The highest BCUT2D eigenvalue weighted by Gasteiger charge is 2.33. The number of carbonyl (C=O) groups excluding carboxylic acids is 2. The molecule has 0 radical (unpaired) electrons. The lowest BCUT2D eigenvalue weighted by atomic mass is 10.1. The molecule has 0 unspecified atom stereocenters. The lowest BCUT2D eigenvalue weighted by Crippen LogP contribution is -2.53. The number of amides is 2. The molecule has 1 aliphatic rings. The number of nitrogens with one attached hydrogen (secondary N) is 1. The van der Waals surface area contributed by atoms with Crippen LogP contribution in [0.1, 0.15) is 44.6 Å². The molecule has 0 aromatic heterocycles. The van der Waals surface area contributed by atoms with Crippen LogP contribution in [0.4, 0.5) is 5.69 Å². The van der Waals surface area contributed by atoms with E-state index in [1.165, 1.54) is 4.90 Å². The van der Waals surface area contributed by atoms with Crippen molar-refractivity contribution in [2.24, 2.45) is 0 Å². The normalized spacial score (nSPS) is 15.0. The van der Waals surface area contributed by atoms with Gasteiger partial charge in [0, 0.05) is 17.6 Å². The van der Waals surface area contributed by atoms with E-state index in [0.29, 0.717) is 22.7 Å². The van der Waals surface area contributed by atoms with Gasteiger partial charge in [-0.1, -0.05) is 67.8 Å². The third kappa shape index (κ3) is 6.73. The number of nitrogens with zero attached hydrogens (tertiary/aromatic N) is 2. The minimum atomic E-state index is -3.74. The average Bonchev–Trinajstić information content (AvgIpc) is 3.31. The Balaban J connectivity index is 1.91. The van der Waals surface area contributed by atoms with Crippen LogP contribution in [0.25, 0.3) is 0 Å². The summed E-state index contributed by atoms with van der Waals surface area (Å²) in [5.74, 6) is -0.692. The molecule has 1 atom stereocenters. The van der Waals surface area contributed by atoms with Crippen molar-refractivity contribution >= 4 is 39.1 Å². The molecule has 9 heteroatoms. The number of benzene rings is 2. The minimum Gasteiger partial charge on any atom is -0.352 e. The first-order chi connectivity index (χ1) is 16.2. The Hall–Kier alpha value is -2.58. The summed E-state index contributed by atoms with van der Waals surface area (Å²) >= 11 is 6.37. The van der Waals surface area contributed by atoms with Crippen molar-refractivity contribution in [2.45, 2.75) is 57.7 Å². The third-order valence-electron chi connectivity index (χ3n) is 6.11. The summed E-state index contributed by atoms with van der Waals surface area (Å²) in [6.07, 6.45) is 5.45. The number of hydrogen-bond donors (Lipinski definition) is 1. The summed E-state index contributed by atoms with van der Waals surface area (Å²) in [6.45, 7) is 1.53. The van der Waals surface area contributed by atoms with Crippen molar-refractivity contribution in [1.29, 1.82) is 0 Å². The monoisotopic (exact) mass is 505 g/mol. The summed E-state index contributed by atoms with van der Waals surface area (Å²) in [6, 6.07) is 15.0. The Kier molecular flexibility index (Phi) is 8.97. The molecule has 1 aliphatic carbocycles. The van der Waals surface area contributed by atoms with Gasteiger partial charge in [-0.05, 0) is 43.0 Å². The van der Waals surface area contributed by atoms with E-state index in [0.717, 1.165) is 36.2 Å². The second-order valence-corrected chi connectivity index (χ2v) is 10.9. The van der Waals surface area contributed by atoms with Crippen LogP contribution in [-0.2, 0) is 26.2 Å².